The molecule has 0 fully saturated rings. The van der Waals surface area contributed by atoms with E-state index >= 15 is 0 Å². The van der Waals surface area contributed by atoms with Crippen LogP contribution >= 0.6 is 22.9 Å². The first-order chi connectivity index (χ1) is 14.0. The Labute approximate surface area is 179 Å². The third-order valence-electron chi connectivity index (χ3n) is 3.85. The number of rotatable bonds is 8. The van der Waals surface area contributed by atoms with Crippen molar-refractivity contribution in [1.82, 2.24) is 25.8 Å². The number of guanidine groups is 1. The molecule has 8 nitrogen and oxygen atoms in total. The fourth-order valence-corrected chi connectivity index (χ4v) is 3.40. The number of hydrogen-bond acceptors (Lipinski definition) is 7. The fourth-order valence-electron chi connectivity index (χ4n) is 2.47. The van der Waals surface area contributed by atoms with Crippen molar-refractivity contribution in [3.05, 3.63) is 46.3 Å². The second-order valence-corrected chi connectivity index (χ2v) is 7.68. The number of nitrogens with one attached hydrogen (secondary N) is 2. The van der Waals surface area contributed by atoms with Crippen molar-refractivity contribution in [2.45, 2.75) is 19.9 Å². The fraction of sp³-hybridized carbons (Fsp3) is 0.368. The highest BCUT2D eigenvalue weighted by molar-refractivity contribution is 7.13. The zero-order valence-corrected chi connectivity index (χ0v) is 18.2. The van der Waals surface area contributed by atoms with Gasteiger partial charge in [0.2, 0.25) is 11.7 Å². The summed E-state index contributed by atoms with van der Waals surface area (Å²) in [5.41, 5.74) is 1.77. The zero-order valence-electron chi connectivity index (χ0n) is 16.6. The summed E-state index contributed by atoms with van der Waals surface area (Å²) in [6.45, 7) is 3.92. The number of aromatic nitrogens is 3. The first-order valence-electron chi connectivity index (χ1n) is 9.27. The quantitative estimate of drug-likeness (QED) is 0.416. The van der Waals surface area contributed by atoms with Crippen molar-refractivity contribution < 1.29 is 4.52 Å². The number of halogens is 1. The van der Waals surface area contributed by atoms with Gasteiger partial charge in [-0.25, -0.2) is 9.98 Å². The van der Waals surface area contributed by atoms with Gasteiger partial charge in [-0.2, -0.15) is 4.98 Å². The molecular formula is C19H24ClN7OS. The summed E-state index contributed by atoms with van der Waals surface area (Å²) >= 11 is 7.63. The van der Waals surface area contributed by atoms with Crippen LogP contribution in [0.1, 0.15) is 18.5 Å². The minimum Gasteiger partial charge on any atom is -0.357 e. The van der Waals surface area contributed by atoms with Crippen LogP contribution in [0.15, 0.2) is 39.2 Å². The summed E-state index contributed by atoms with van der Waals surface area (Å²) in [6, 6.07) is 7.38. The van der Waals surface area contributed by atoms with Gasteiger partial charge in [-0.3, -0.25) is 0 Å². The zero-order chi connectivity index (χ0) is 20.6. The molecule has 0 aliphatic carbocycles. The highest BCUT2D eigenvalue weighted by atomic mass is 35.5. The lowest BCUT2D eigenvalue weighted by molar-refractivity contribution is 0.378. The molecule has 2 heterocycles. The minimum atomic E-state index is 0.513. The Bertz CT molecular complexity index is 953. The molecule has 3 rings (SSSR count). The molecule has 2 aromatic heterocycles. The largest absolute Gasteiger partial charge is 0.357 e. The maximum absolute atomic E-state index is 6.02. The van der Waals surface area contributed by atoms with Gasteiger partial charge in [0.15, 0.2) is 11.1 Å². The van der Waals surface area contributed by atoms with E-state index in [0.29, 0.717) is 36.2 Å². The normalized spacial score (nSPS) is 11.5. The van der Waals surface area contributed by atoms with E-state index in [0.717, 1.165) is 28.9 Å². The molecule has 0 aliphatic rings. The highest BCUT2D eigenvalue weighted by Crippen LogP contribution is 2.20. The van der Waals surface area contributed by atoms with E-state index in [2.05, 4.69) is 30.8 Å². The predicted octanol–water partition coefficient (Wildman–Crippen LogP) is 3.21. The Morgan fingerprint density at radius 3 is 2.86 bits per heavy atom. The first kappa shape index (κ1) is 21.1. The maximum atomic E-state index is 6.02. The number of aliphatic imine (C=N–C) groups is 1. The van der Waals surface area contributed by atoms with E-state index in [1.54, 1.807) is 11.3 Å². The number of benzene rings is 1. The van der Waals surface area contributed by atoms with E-state index in [9.17, 15) is 0 Å². The van der Waals surface area contributed by atoms with Crippen molar-refractivity contribution in [2.24, 2.45) is 4.99 Å². The summed E-state index contributed by atoms with van der Waals surface area (Å²) in [4.78, 5) is 15.6. The van der Waals surface area contributed by atoms with Crippen LogP contribution in [0.25, 0.3) is 11.4 Å². The van der Waals surface area contributed by atoms with Gasteiger partial charge in [0.1, 0.15) is 0 Å². The first-order valence-corrected chi connectivity index (χ1v) is 10.5. The highest BCUT2D eigenvalue weighted by Gasteiger charge is 2.09. The minimum absolute atomic E-state index is 0.513. The molecule has 154 valence electrons. The van der Waals surface area contributed by atoms with E-state index in [-0.39, 0.29) is 0 Å². The van der Waals surface area contributed by atoms with Gasteiger partial charge in [0.25, 0.3) is 0 Å². The van der Waals surface area contributed by atoms with Crippen LogP contribution in [0.2, 0.25) is 5.02 Å². The summed E-state index contributed by atoms with van der Waals surface area (Å²) in [7, 11) is 3.96. The van der Waals surface area contributed by atoms with Crippen LogP contribution in [0.4, 0.5) is 5.13 Å². The smallest absolute Gasteiger partial charge is 0.228 e. The van der Waals surface area contributed by atoms with Gasteiger partial charge in [-0.1, -0.05) is 28.9 Å². The molecule has 0 atom stereocenters. The Hall–Kier alpha value is -2.65. The lowest BCUT2D eigenvalue weighted by Crippen LogP contribution is -2.38. The van der Waals surface area contributed by atoms with Crippen LogP contribution in [-0.4, -0.2) is 48.3 Å². The lowest BCUT2D eigenvalue weighted by Gasteiger charge is -2.09. The average Bonchev–Trinajstić information content (AvgIpc) is 3.36. The Kier molecular flexibility index (Phi) is 7.42. The molecule has 0 spiro atoms. The van der Waals surface area contributed by atoms with Crippen LogP contribution in [0.5, 0.6) is 0 Å². The van der Waals surface area contributed by atoms with Crippen LogP contribution < -0.4 is 15.5 Å². The molecule has 0 unspecified atom stereocenters. The molecule has 0 saturated carbocycles. The maximum Gasteiger partial charge on any atom is 0.228 e. The lowest BCUT2D eigenvalue weighted by atomic mass is 10.2. The molecule has 10 heteroatoms. The van der Waals surface area contributed by atoms with Crippen LogP contribution in [-0.2, 0) is 13.0 Å². The third kappa shape index (κ3) is 6.16. The monoisotopic (exact) mass is 433 g/mol. The van der Waals surface area contributed by atoms with Gasteiger partial charge in [-0.15, -0.1) is 11.3 Å². The van der Waals surface area contributed by atoms with Crippen molar-refractivity contribution in [1.29, 1.82) is 0 Å². The van der Waals surface area contributed by atoms with Gasteiger partial charge >= 0.3 is 0 Å². The van der Waals surface area contributed by atoms with E-state index in [1.807, 2.05) is 55.6 Å². The number of thiazole rings is 1. The molecule has 0 aliphatic heterocycles. The second-order valence-electron chi connectivity index (χ2n) is 6.41. The number of hydrogen-bond donors (Lipinski definition) is 2. The van der Waals surface area contributed by atoms with Crippen molar-refractivity contribution >= 4 is 34.0 Å². The number of nitrogens with zero attached hydrogens (tertiary/aromatic N) is 5. The molecule has 0 bridgehead atoms. The van der Waals surface area contributed by atoms with E-state index < -0.39 is 0 Å². The van der Waals surface area contributed by atoms with Gasteiger partial charge in [0, 0.05) is 49.6 Å². The molecular weight excluding hydrogens is 410 g/mol. The number of anilines is 1. The molecule has 3 aromatic rings. The van der Waals surface area contributed by atoms with Crippen LogP contribution in [0, 0.1) is 0 Å². The standard InChI is InChI=1S/C19H24ClN7OS/c1-4-21-18(23-11-15-12-29-19(24-15)27(2)3)22-9-8-16-25-17(26-28-16)13-6-5-7-14(20)10-13/h5-7,10,12H,4,8-9,11H2,1-3H3,(H2,21,22,23). The van der Waals surface area contributed by atoms with Gasteiger partial charge < -0.3 is 20.1 Å². The Morgan fingerprint density at radius 1 is 1.28 bits per heavy atom. The summed E-state index contributed by atoms with van der Waals surface area (Å²) in [5, 5.41) is 14.2. The molecule has 0 amide bonds. The Balaban J connectivity index is 1.54. The second kappa shape index (κ2) is 10.2. The van der Waals surface area contributed by atoms with E-state index in [1.165, 1.54) is 0 Å². The SMILES string of the molecule is CCNC(=NCc1csc(N(C)C)n1)NCCc1nc(-c2cccc(Cl)c2)no1. The third-order valence-corrected chi connectivity index (χ3v) is 5.14. The molecule has 2 N–H and O–H groups in total. The summed E-state index contributed by atoms with van der Waals surface area (Å²) < 4.78 is 5.34. The van der Waals surface area contributed by atoms with Crippen molar-refractivity contribution in [2.75, 3.05) is 32.1 Å². The van der Waals surface area contributed by atoms with E-state index in [4.69, 9.17) is 16.1 Å². The predicted molar refractivity (Wildman–Crippen MR) is 118 cm³/mol. The molecule has 0 radical (unpaired) electrons. The molecule has 0 saturated heterocycles. The van der Waals surface area contributed by atoms with Crippen LogP contribution in [0.3, 0.4) is 0 Å². The van der Waals surface area contributed by atoms with Crippen molar-refractivity contribution in [3.8, 4) is 11.4 Å². The summed E-state index contributed by atoms with van der Waals surface area (Å²) in [6.07, 6.45) is 0.583. The van der Waals surface area contributed by atoms with Gasteiger partial charge in [-0.05, 0) is 19.1 Å². The molecule has 29 heavy (non-hydrogen) atoms. The molecule has 1 aromatic carbocycles. The summed E-state index contributed by atoms with van der Waals surface area (Å²) in [5.74, 6) is 1.81. The van der Waals surface area contributed by atoms with Gasteiger partial charge in [0.05, 0.1) is 12.2 Å². The average molecular weight is 434 g/mol. The topological polar surface area (TPSA) is 91.5 Å². The van der Waals surface area contributed by atoms with Crippen molar-refractivity contribution in [3.63, 3.8) is 0 Å². The Morgan fingerprint density at radius 2 is 2.14 bits per heavy atom.